The fourth-order valence-corrected chi connectivity index (χ4v) is 3.18. The summed E-state index contributed by atoms with van der Waals surface area (Å²) < 4.78 is 11.6. The van der Waals surface area contributed by atoms with Gasteiger partial charge in [-0.05, 0) is 50.1 Å². The van der Waals surface area contributed by atoms with E-state index in [1.54, 1.807) is 20.2 Å². The van der Waals surface area contributed by atoms with Crippen LogP contribution in [0.2, 0.25) is 0 Å². The molecule has 0 aliphatic carbocycles. The lowest BCUT2D eigenvalue weighted by atomic mass is 9.87. The van der Waals surface area contributed by atoms with E-state index < -0.39 is 0 Å². The summed E-state index contributed by atoms with van der Waals surface area (Å²) in [4.78, 5) is 11.8. The van der Waals surface area contributed by atoms with Gasteiger partial charge in [-0.2, -0.15) is 5.10 Å². The maximum absolute atomic E-state index is 11.8. The number of aryl methyl sites for hydroxylation is 2. The Hall–Kier alpha value is -3.08. The van der Waals surface area contributed by atoms with Gasteiger partial charge in [0.05, 0.1) is 13.3 Å². The highest BCUT2D eigenvalue weighted by Gasteiger charge is 2.21. The first-order valence-corrected chi connectivity index (χ1v) is 8.90. The number of methoxy groups -OCH3 is 1. The van der Waals surface area contributed by atoms with Crippen molar-refractivity contribution in [1.29, 1.82) is 0 Å². The first kappa shape index (κ1) is 18.7. The van der Waals surface area contributed by atoms with Crippen LogP contribution in [0.4, 0.5) is 0 Å². The lowest BCUT2D eigenvalue weighted by Crippen LogP contribution is -2.07. The molecule has 1 atom stereocenters. The Morgan fingerprint density at radius 2 is 1.89 bits per heavy atom. The fourth-order valence-electron chi connectivity index (χ4n) is 3.18. The molecule has 3 aromatic rings. The SMILES string of the molecule is COc1cc(C(CC(C)=O)c2cn[nH]c2C)ccc1Oc1ccccc1C. The molecular formula is C22H24N2O3. The molecule has 0 saturated carbocycles. The molecule has 0 amide bonds. The molecule has 5 heteroatoms. The van der Waals surface area contributed by atoms with Gasteiger partial charge >= 0.3 is 0 Å². The van der Waals surface area contributed by atoms with Crippen molar-refractivity contribution < 1.29 is 14.3 Å². The maximum Gasteiger partial charge on any atom is 0.169 e. The molecule has 1 unspecified atom stereocenters. The minimum Gasteiger partial charge on any atom is -0.493 e. The molecule has 0 aliphatic heterocycles. The zero-order valence-corrected chi connectivity index (χ0v) is 16.1. The van der Waals surface area contributed by atoms with E-state index in [0.717, 1.165) is 28.1 Å². The van der Waals surface area contributed by atoms with Crippen LogP contribution < -0.4 is 9.47 Å². The predicted octanol–water partition coefficient (Wildman–Crippen LogP) is 4.94. The van der Waals surface area contributed by atoms with E-state index in [2.05, 4.69) is 10.2 Å². The van der Waals surface area contributed by atoms with E-state index in [4.69, 9.17) is 9.47 Å². The van der Waals surface area contributed by atoms with Gasteiger partial charge in [0, 0.05) is 23.6 Å². The third kappa shape index (κ3) is 4.19. The van der Waals surface area contributed by atoms with Crippen molar-refractivity contribution in [3.8, 4) is 17.2 Å². The van der Waals surface area contributed by atoms with Crippen molar-refractivity contribution in [2.24, 2.45) is 0 Å². The molecule has 0 fully saturated rings. The molecule has 0 radical (unpaired) electrons. The number of rotatable bonds is 7. The van der Waals surface area contributed by atoms with E-state index in [1.165, 1.54) is 0 Å². The number of aromatic amines is 1. The van der Waals surface area contributed by atoms with Gasteiger partial charge < -0.3 is 9.47 Å². The maximum atomic E-state index is 11.8. The number of hydrogen-bond acceptors (Lipinski definition) is 4. The largest absolute Gasteiger partial charge is 0.493 e. The van der Waals surface area contributed by atoms with Gasteiger partial charge in [0.2, 0.25) is 0 Å². The molecule has 0 bridgehead atoms. The number of nitrogens with zero attached hydrogens (tertiary/aromatic N) is 1. The van der Waals surface area contributed by atoms with Crippen LogP contribution in [0, 0.1) is 13.8 Å². The van der Waals surface area contributed by atoms with Gasteiger partial charge in [-0.25, -0.2) is 0 Å². The van der Waals surface area contributed by atoms with Gasteiger partial charge in [-0.1, -0.05) is 24.3 Å². The summed E-state index contributed by atoms with van der Waals surface area (Å²) in [6.45, 7) is 5.57. The van der Waals surface area contributed by atoms with Crippen LogP contribution in [-0.2, 0) is 4.79 Å². The van der Waals surface area contributed by atoms with E-state index in [1.807, 2.05) is 56.3 Å². The Bertz CT molecular complexity index is 946. The first-order chi connectivity index (χ1) is 13.0. The molecule has 3 rings (SSSR count). The van der Waals surface area contributed by atoms with E-state index >= 15 is 0 Å². The highest BCUT2D eigenvalue weighted by molar-refractivity contribution is 5.77. The Labute approximate surface area is 159 Å². The van der Waals surface area contributed by atoms with Crippen LogP contribution in [0.15, 0.2) is 48.7 Å². The number of benzene rings is 2. The molecule has 0 spiro atoms. The Kier molecular flexibility index (Phi) is 5.60. The van der Waals surface area contributed by atoms with E-state index in [9.17, 15) is 4.79 Å². The normalized spacial score (nSPS) is 11.9. The van der Waals surface area contributed by atoms with Crippen molar-refractivity contribution in [3.05, 3.63) is 71.0 Å². The van der Waals surface area contributed by atoms with Crippen molar-refractivity contribution in [2.75, 3.05) is 7.11 Å². The number of ketones is 1. The Morgan fingerprint density at radius 1 is 1.11 bits per heavy atom. The molecular weight excluding hydrogens is 340 g/mol. The summed E-state index contributed by atoms with van der Waals surface area (Å²) in [6.07, 6.45) is 2.19. The zero-order chi connectivity index (χ0) is 19.4. The summed E-state index contributed by atoms with van der Waals surface area (Å²) in [6, 6.07) is 13.7. The molecule has 0 aliphatic rings. The second-order valence-corrected chi connectivity index (χ2v) is 6.69. The third-order valence-electron chi connectivity index (χ3n) is 4.64. The summed E-state index contributed by atoms with van der Waals surface area (Å²) >= 11 is 0. The lowest BCUT2D eigenvalue weighted by Gasteiger charge is -2.18. The van der Waals surface area contributed by atoms with Crippen LogP contribution in [0.5, 0.6) is 17.2 Å². The van der Waals surface area contributed by atoms with E-state index in [0.29, 0.717) is 17.9 Å². The number of ether oxygens (including phenoxy) is 2. The summed E-state index contributed by atoms with van der Waals surface area (Å²) in [5, 5.41) is 7.06. The Morgan fingerprint density at radius 3 is 2.52 bits per heavy atom. The van der Waals surface area contributed by atoms with Crippen molar-refractivity contribution in [2.45, 2.75) is 33.1 Å². The number of nitrogens with one attached hydrogen (secondary N) is 1. The van der Waals surface area contributed by atoms with Crippen molar-refractivity contribution >= 4 is 5.78 Å². The summed E-state index contributed by atoms with van der Waals surface area (Å²) in [5.41, 5.74) is 4.01. The quantitative estimate of drug-likeness (QED) is 0.645. The van der Waals surface area contributed by atoms with Crippen LogP contribution >= 0.6 is 0 Å². The van der Waals surface area contributed by atoms with Crippen LogP contribution in [0.3, 0.4) is 0 Å². The molecule has 1 aromatic heterocycles. The fraction of sp³-hybridized carbons (Fsp3) is 0.273. The van der Waals surface area contributed by atoms with Crippen molar-refractivity contribution in [3.63, 3.8) is 0 Å². The second-order valence-electron chi connectivity index (χ2n) is 6.69. The monoisotopic (exact) mass is 364 g/mol. The summed E-state index contributed by atoms with van der Waals surface area (Å²) in [5.74, 6) is 2.10. The molecule has 140 valence electrons. The number of carbonyl (C=O) groups excluding carboxylic acids is 1. The van der Waals surface area contributed by atoms with Gasteiger partial charge in [-0.3, -0.25) is 9.89 Å². The van der Waals surface area contributed by atoms with Crippen LogP contribution in [0.25, 0.3) is 0 Å². The number of hydrogen-bond donors (Lipinski definition) is 1. The third-order valence-corrected chi connectivity index (χ3v) is 4.64. The molecule has 1 N–H and O–H groups in total. The van der Waals surface area contributed by atoms with Gasteiger partial charge in [0.25, 0.3) is 0 Å². The molecule has 0 saturated heterocycles. The van der Waals surface area contributed by atoms with E-state index in [-0.39, 0.29) is 11.7 Å². The second kappa shape index (κ2) is 8.08. The van der Waals surface area contributed by atoms with Crippen LogP contribution in [-0.4, -0.2) is 23.1 Å². The van der Waals surface area contributed by atoms with Crippen molar-refractivity contribution in [1.82, 2.24) is 10.2 Å². The molecule has 1 heterocycles. The number of Topliss-reactive ketones (excluding diaryl/α,β-unsaturated/α-hetero) is 1. The highest BCUT2D eigenvalue weighted by atomic mass is 16.5. The molecule has 5 nitrogen and oxygen atoms in total. The zero-order valence-electron chi connectivity index (χ0n) is 16.1. The lowest BCUT2D eigenvalue weighted by molar-refractivity contribution is -0.117. The van der Waals surface area contributed by atoms with Gasteiger partial charge in [0.1, 0.15) is 11.5 Å². The minimum absolute atomic E-state index is 0.0809. The Balaban J connectivity index is 1.97. The van der Waals surface area contributed by atoms with Gasteiger partial charge in [-0.15, -0.1) is 0 Å². The first-order valence-electron chi connectivity index (χ1n) is 8.90. The smallest absolute Gasteiger partial charge is 0.169 e. The van der Waals surface area contributed by atoms with Gasteiger partial charge in [0.15, 0.2) is 11.5 Å². The topological polar surface area (TPSA) is 64.2 Å². The molecule has 2 aromatic carbocycles. The standard InChI is InChI=1S/C22H24N2O3/c1-14-7-5-6-8-20(14)27-21-10-9-17(12-22(21)26-4)18(11-15(2)25)19-13-23-24-16(19)3/h5-10,12-13,18H,11H2,1-4H3,(H,23,24). The number of para-hydroxylation sites is 1. The van der Waals surface area contributed by atoms with Crippen LogP contribution in [0.1, 0.15) is 41.6 Å². The summed E-state index contributed by atoms with van der Waals surface area (Å²) in [7, 11) is 1.62. The average Bonchev–Trinajstić information content (AvgIpc) is 3.07. The number of carbonyl (C=O) groups is 1. The minimum atomic E-state index is -0.0809. The number of H-pyrrole nitrogens is 1. The molecule has 27 heavy (non-hydrogen) atoms. The average molecular weight is 364 g/mol. The predicted molar refractivity (Wildman–Crippen MR) is 105 cm³/mol. The number of aromatic nitrogens is 2. The highest BCUT2D eigenvalue weighted by Crippen LogP contribution is 2.38.